The van der Waals surface area contributed by atoms with Crippen molar-refractivity contribution in [1.82, 2.24) is 10.6 Å². The first-order valence-electron chi connectivity index (χ1n) is 7.12. The monoisotopic (exact) mass is 293 g/mol. The topological polar surface area (TPSA) is 61.4 Å². The highest BCUT2D eigenvalue weighted by atomic mass is 19.1. The third-order valence-electron chi connectivity index (χ3n) is 3.52. The molecule has 2 amide bonds. The summed E-state index contributed by atoms with van der Waals surface area (Å²) in [6.07, 6.45) is 0.978. The molecule has 1 aliphatic heterocycles. The van der Waals surface area contributed by atoms with Crippen LogP contribution in [-0.4, -0.2) is 30.9 Å². The van der Waals surface area contributed by atoms with Crippen molar-refractivity contribution in [3.05, 3.63) is 29.6 Å². The van der Waals surface area contributed by atoms with Gasteiger partial charge in [0.05, 0.1) is 6.54 Å². The summed E-state index contributed by atoms with van der Waals surface area (Å²) in [6.45, 7) is 5.20. The zero-order valence-electron chi connectivity index (χ0n) is 12.3. The van der Waals surface area contributed by atoms with Gasteiger partial charge >= 0.3 is 0 Å². The Kier molecular flexibility index (Phi) is 4.90. The average molecular weight is 293 g/mol. The first-order valence-corrected chi connectivity index (χ1v) is 7.12. The van der Waals surface area contributed by atoms with Gasteiger partial charge in [0.15, 0.2) is 0 Å². The van der Waals surface area contributed by atoms with Crippen molar-refractivity contribution >= 4 is 17.5 Å². The Hall–Kier alpha value is -1.95. The summed E-state index contributed by atoms with van der Waals surface area (Å²) in [4.78, 5) is 25.1. The standard InChI is InChI=1S/C15H20FN3O2/c1-3-6-17-8-11-7-12(16)4-5-13(11)19-9-14(20)18-15(21)10(19)2/h4-5,7,10,17H,3,6,8-9H2,1-2H3,(H,18,20,21). The van der Waals surface area contributed by atoms with Crippen LogP contribution < -0.4 is 15.5 Å². The second kappa shape index (κ2) is 6.67. The van der Waals surface area contributed by atoms with Crippen LogP contribution >= 0.6 is 0 Å². The van der Waals surface area contributed by atoms with E-state index in [2.05, 4.69) is 17.6 Å². The van der Waals surface area contributed by atoms with Crippen molar-refractivity contribution in [3.8, 4) is 0 Å². The van der Waals surface area contributed by atoms with E-state index in [9.17, 15) is 14.0 Å². The van der Waals surface area contributed by atoms with Crippen LogP contribution in [0.15, 0.2) is 18.2 Å². The van der Waals surface area contributed by atoms with Gasteiger partial charge in [-0.15, -0.1) is 0 Å². The SMILES string of the molecule is CCCNCc1cc(F)ccc1N1CC(=O)NC(=O)C1C. The number of imide groups is 1. The molecule has 2 rings (SSSR count). The highest BCUT2D eigenvalue weighted by Crippen LogP contribution is 2.25. The van der Waals surface area contributed by atoms with E-state index in [-0.39, 0.29) is 24.2 Å². The van der Waals surface area contributed by atoms with Crippen molar-refractivity contribution in [2.24, 2.45) is 0 Å². The smallest absolute Gasteiger partial charge is 0.249 e. The van der Waals surface area contributed by atoms with Crippen LogP contribution in [0, 0.1) is 5.82 Å². The number of halogens is 1. The predicted octanol–water partition coefficient (Wildman–Crippen LogP) is 1.18. The van der Waals surface area contributed by atoms with E-state index in [4.69, 9.17) is 0 Å². The van der Waals surface area contributed by atoms with E-state index in [1.807, 2.05) is 0 Å². The molecule has 1 aromatic rings. The zero-order valence-corrected chi connectivity index (χ0v) is 12.3. The molecule has 1 aromatic carbocycles. The molecule has 2 N–H and O–H groups in total. The van der Waals surface area contributed by atoms with Gasteiger partial charge in [-0.1, -0.05) is 6.92 Å². The fourth-order valence-corrected chi connectivity index (χ4v) is 2.38. The number of carbonyl (C=O) groups is 2. The van der Waals surface area contributed by atoms with Crippen LogP contribution in [0.5, 0.6) is 0 Å². The Morgan fingerprint density at radius 1 is 1.43 bits per heavy atom. The molecule has 5 nitrogen and oxygen atoms in total. The van der Waals surface area contributed by atoms with E-state index in [0.29, 0.717) is 6.54 Å². The van der Waals surface area contributed by atoms with Gasteiger partial charge in [-0.05, 0) is 43.7 Å². The van der Waals surface area contributed by atoms with Crippen molar-refractivity contribution < 1.29 is 14.0 Å². The number of hydrogen-bond donors (Lipinski definition) is 2. The van der Waals surface area contributed by atoms with Gasteiger partial charge < -0.3 is 10.2 Å². The molecule has 1 aliphatic rings. The fraction of sp³-hybridized carbons (Fsp3) is 0.467. The Morgan fingerprint density at radius 2 is 2.19 bits per heavy atom. The molecule has 0 aliphatic carbocycles. The van der Waals surface area contributed by atoms with Crippen LogP contribution in [0.2, 0.25) is 0 Å². The maximum Gasteiger partial charge on any atom is 0.249 e. The molecule has 1 fully saturated rings. The number of hydrogen-bond acceptors (Lipinski definition) is 4. The number of nitrogens with one attached hydrogen (secondary N) is 2. The molecule has 0 aromatic heterocycles. The van der Waals surface area contributed by atoms with Gasteiger partial charge in [-0.2, -0.15) is 0 Å². The Labute approximate surface area is 123 Å². The number of nitrogens with zero attached hydrogens (tertiary/aromatic N) is 1. The molecule has 0 bridgehead atoms. The second-order valence-electron chi connectivity index (χ2n) is 5.17. The number of rotatable bonds is 5. The van der Waals surface area contributed by atoms with Crippen molar-refractivity contribution in [2.75, 3.05) is 18.0 Å². The van der Waals surface area contributed by atoms with Crippen molar-refractivity contribution in [3.63, 3.8) is 0 Å². The quantitative estimate of drug-likeness (QED) is 0.632. The molecule has 1 atom stereocenters. The number of piperazine rings is 1. The van der Waals surface area contributed by atoms with Gasteiger partial charge in [0.25, 0.3) is 0 Å². The summed E-state index contributed by atoms with van der Waals surface area (Å²) in [6, 6.07) is 3.96. The van der Waals surface area contributed by atoms with Gasteiger partial charge in [-0.25, -0.2) is 4.39 Å². The number of carbonyl (C=O) groups excluding carboxylic acids is 2. The predicted molar refractivity (Wildman–Crippen MR) is 78.4 cm³/mol. The summed E-state index contributed by atoms with van der Waals surface area (Å²) in [5.41, 5.74) is 1.47. The van der Waals surface area contributed by atoms with Crippen LogP contribution in [-0.2, 0) is 16.1 Å². The lowest BCUT2D eigenvalue weighted by Crippen LogP contribution is -2.57. The summed E-state index contributed by atoms with van der Waals surface area (Å²) < 4.78 is 13.5. The van der Waals surface area contributed by atoms with Crippen molar-refractivity contribution in [1.29, 1.82) is 0 Å². The summed E-state index contributed by atoms with van der Waals surface area (Å²) >= 11 is 0. The minimum atomic E-state index is -0.460. The lowest BCUT2D eigenvalue weighted by molar-refractivity contribution is -0.132. The van der Waals surface area contributed by atoms with E-state index < -0.39 is 6.04 Å². The lowest BCUT2D eigenvalue weighted by atomic mass is 10.1. The Bertz CT molecular complexity index is 548. The highest BCUT2D eigenvalue weighted by Gasteiger charge is 2.31. The van der Waals surface area contributed by atoms with Crippen LogP contribution in [0.1, 0.15) is 25.8 Å². The highest BCUT2D eigenvalue weighted by molar-refractivity contribution is 6.04. The lowest BCUT2D eigenvalue weighted by Gasteiger charge is -2.35. The minimum Gasteiger partial charge on any atom is -0.350 e. The van der Waals surface area contributed by atoms with Gasteiger partial charge in [0.2, 0.25) is 11.8 Å². The normalized spacial score (nSPS) is 18.8. The first-order chi connectivity index (χ1) is 10.0. The maximum atomic E-state index is 13.5. The fourth-order valence-electron chi connectivity index (χ4n) is 2.38. The molecule has 0 spiro atoms. The van der Waals surface area contributed by atoms with Crippen molar-refractivity contribution in [2.45, 2.75) is 32.9 Å². The van der Waals surface area contributed by atoms with E-state index in [0.717, 1.165) is 24.2 Å². The average Bonchev–Trinajstić information content (AvgIpc) is 2.44. The molecule has 21 heavy (non-hydrogen) atoms. The van der Waals surface area contributed by atoms with Crippen LogP contribution in [0.3, 0.4) is 0 Å². The van der Waals surface area contributed by atoms with E-state index in [1.54, 1.807) is 17.9 Å². The molecule has 114 valence electrons. The minimum absolute atomic E-state index is 0.0965. The van der Waals surface area contributed by atoms with E-state index in [1.165, 1.54) is 12.1 Å². The molecule has 0 saturated carbocycles. The van der Waals surface area contributed by atoms with E-state index >= 15 is 0 Å². The zero-order chi connectivity index (χ0) is 15.4. The summed E-state index contributed by atoms with van der Waals surface area (Å²) in [5, 5.41) is 5.52. The van der Waals surface area contributed by atoms with Gasteiger partial charge in [0.1, 0.15) is 11.9 Å². The third kappa shape index (κ3) is 3.58. The van der Waals surface area contributed by atoms with Crippen LogP contribution in [0.25, 0.3) is 0 Å². The number of anilines is 1. The molecule has 6 heteroatoms. The third-order valence-corrected chi connectivity index (χ3v) is 3.52. The molecular weight excluding hydrogens is 273 g/mol. The maximum absolute atomic E-state index is 13.5. The molecular formula is C15H20FN3O2. The summed E-state index contributed by atoms with van der Waals surface area (Å²) in [5.74, 6) is -0.995. The van der Waals surface area contributed by atoms with Gasteiger partial charge in [0, 0.05) is 12.2 Å². The van der Waals surface area contributed by atoms with Crippen LogP contribution in [0.4, 0.5) is 10.1 Å². The number of benzene rings is 1. The molecule has 0 radical (unpaired) electrons. The number of amides is 2. The Balaban J connectivity index is 2.28. The molecule has 1 heterocycles. The second-order valence-corrected chi connectivity index (χ2v) is 5.17. The molecule has 1 unspecified atom stereocenters. The largest absolute Gasteiger partial charge is 0.350 e. The summed E-state index contributed by atoms with van der Waals surface area (Å²) in [7, 11) is 0. The molecule has 1 saturated heterocycles. The Morgan fingerprint density at radius 3 is 2.90 bits per heavy atom. The first kappa shape index (κ1) is 15.4. The van der Waals surface area contributed by atoms with Gasteiger partial charge in [-0.3, -0.25) is 14.9 Å².